The first-order valence-electron chi connectivity index (χ1n) is 8.73. The molecule has 0 atom stereocenters. The monoisotopic (exact) mass is 368 g/mol. The van der Waals surface area contributed by atoms with Crippen LogP contribution in [0.4, 0.5) is 11.4 Å². The zero-order valence-corrected chi connectivity index (χ0v) is 15.7. The molecule has 0 spiro atoms. The molecule has 0 saturated heterocycles. The molecule has 2 aromatic rings. The van der Waals surface area contributed by atoms with E-state index in [1.165, 1.54) is 13.1 Å². The Bertz CT molecular complexity index is 828. The van der Waals surface area contributed by atoms with E-state index in [2.05, 4.69) is 20.7 Å². The topological polar surface area (TPSA) is 94.0 Å². The minimum absolute atomic E-state index is 0.0945. The largest absolute Gasteiger partial charge is 0.507 e. The number of amides is 2. The van der Waals surface area contributed by atoms with Gasteiger partial charge in [-0.2, -0.15) is 5.10 Å². The van der Waals surface area contributed by atoms with E-state index >= 15 is 0 Å². The number of nitrogens with one attached hydrogen (secondary N) is 2. The molecule has 0 bridgehead atoms. The first-order valence-corrected chi connectivity index (χ1v) is 8.73. The van der Waals surface area contributed by atoms with Crippen LogP contribution in [0, 0.1) is 0 Å². The Kier molecular flexibility index (Phi) is 6.93. The lowest BCUT2D eigenvalue weighted by Crippen LogP contribution is -2.21. The number of aromatic hydroxyl groups is 1. The van der Waals surface area contributed by atoms with Crippen LogP contribution in [0.15, 0.2) is 47.6 Å². The van der Waals surface area contributed by atoms with E-state index in [9.17, 15) is 14.7 Å². The average molecular weight is 368 g/mol. The minimum atomic E-state index is -0.389. The van der Waals surface area contributed by atoms with Crippen LogP contribution in [-0.2, 0) is 4.79 Å². The van der Waals surface area contributed by atoms with Crippen LogP contribution in [0.5, 0.6) is 5.75 Å². The lowest BCUT2D eigenvalue weighted by atomic mass is 10.2. The van der Waals surface area contributed by atoms with E-state index in [4.69, 9.17) is 0 Å². The number of anilines is 2. The van der Waals surface area contributed by atoms with E-state index in [1.807, 2.05) is 19.9 Å². The molecule has 0 fully saturated rings. The summed E-state index contributed by atoms with van der Waals surface area (Å²) in [6, 6.07) is 11.8. The summed E-state index contributed by atoms with van der Waals surface area (Å²) in [6.45, 7) is 7.21. The van der Waals surface area contributed by atoms with Gasteiger partial charge in [-0.1, -0.05) is 0 Å². The molecule has 7 heteroatoms. The second-order valence-corrected chi connectivity index (χ2v) is 5.87. The van der Waals surface area contributed by atoms with Crippen molar-refractivity contribution in [3.8, 4) is 5.75 Å². The molecule has 0 aliphatic carbocycles. The van der Waals surface area contributed by atoms with E-state index in [1.54, 1.807) is 36.4 Å². The van der Waals surface area contributed by atoms with Gasteiger partial charge < -0.3 is 15.3 Å². The Morgan fingerprint density at radius 2 is 1.78 bits per heavy atom. The molecular formula is C20H24N4O3. The molecule has 3 N–H and O–H groups in total. The van der Waals surface area contributed by atoms with Crippen LogP contribution in [0.2, 0.25) is 0 Å². The van der Waals surface area contributed by atoms with Gasteiger partial charge in [0.05, 0.1) is 6.21 Å². The van der Waals surface area contributed by atoms with Crippen LogP contribution in [0.25, 0.3) is 0 Å². The van der Waals surface area contributed by atoms with Gasteiger partial charge in [0.2, 0.25) is 5.91 Å². The molecule has 0 radical (unpaired) electrons. The van der Waals surface area contributed by atoms with Gasteiger partial charge in [-0.15, -0.1) is 0 Å². The van der Waals surface area contributed by atoms with Crippen molar-refractivity contribution in [1.82, 2.24) is 5.43 Å². The quantitative estimate of drug-likeness (QED) is 0.517. The molecule has 0 saturated carbocycles. The number of carbonyl (C=O) groups excluding carboxylic acids is 2. The van der Waals surface area contributed by atoms with Gasteiger partial charge in [-0.25, -0.2) is 5.43 Å². The van der Waals surface area contributed by atoms with Gasteiger partial charge in [-0.05, 0) is 50.2 Å². The van der Waals surface area contributed by atoms with Crippen LogP contribution in [0.1, 0.15) is 36.7 Å². The third kappa shape index (κ3) is 5.57. The summed E-state index contributed by atoms with van der Waals surface area (Å²) in [5, 5.41) is 16.7. The smallest absolute Gasteiger partial charge is 0.271 e. The van der Waals surface area contributed by atoms with E-state index in [0.717, 1.165) is 18.8 Å². The molecule has 0 aromatic heterocycles. The molecule has 2 amide bonds. The number of hydrogen-bond donors (Lipinski definition) is 3. The molecule has 7 nitrogen and oxygen atoms in total. The number of hydrazone groups is 1. The van der Waals surface area contributed by atoms with Crippen LogP contribution >= 0.6 is 0 Å². The molecule has 142 valence electrons. The third-order valence-corrected chi connectivity index (χ3v) is 3.98. The zero-order valence-electron chi connectivity index (χ0n) is 15.7. The summed E-state index contributed by atoms with van der Waals surface area (Å²) in [7, 11) is 0. The van der Waals surface area contributed by atoms with Gasteiger partial charge >= 0.3 is 0 Å². The number of rotatable bonds is 7. The van der Waals surface area contributed by atoms with Crippen molar-refractivity contribution < 1.29 is 14.7 Å². The summed E-state index contributed by atoms with van der Waals surface area (Å²) in [4.78, 5) is 25.2. The Morgan fingerprint density at radius 3 is 2.33 bits per heavy atom. The highest BCUT2D eigenvalue weighted by Gasteiger charge is 2.07. The molecular weight excluding hydrogens is 344 g/mol. The Hall–Kier alpha value is -3.35. The maximum Gasteiger partial charge on any atom is 0.271 e. The number of nitrogens with zero attached hydrogens (tertiary/aromatic N) is 2. The van der Waals surface area contributed by atoms with Gasteiger partial charge in [-0.3, -0.25) is 9.59 Å². The molecule has 0 aliphatic heterocycles. The lowest BCUT2D eigenvalue weighted by molar-refractivity contribution is -0.114. The Morgan fingerprint density at radius 1 is 1.11 bits per heavy atom. The van der Waals surface area contributed by atoms with Gasteiger partial charge in [0.25, 0.3) is 5.91 Å². The highest BCUT2D eigenvalue weighted by molar-refractivity contribution is 5.96. The van der Waals surface area contributed by atoms with E-state index < -0.39 is 0 Å². The van der Waals surface area contributed by atoms with Crippen molar-refractivity contribution in [1.29, 1.82) is 0 Å². The molecule has 27 heavy (non-hydrogen) atoms. The predicted molar refractivity (Wildman–Crippen MR) is 107 cm³/mol. The normalized spacial score (nSPS) is 10.6. The van der Waals surface area contributed by atoms with Crippen LogP contribution < -0.4 is 15.6 Å². The molecule has 2 aromatic carbocycles. The van der Waals surface area contributed by atoms with Crippen molar-refractivity contribution in [2.45, 2.75) is 20.8 Å². The van der Waals surface area contributed by atoms with Crippen molar-refractivity contribution in [2.75, 3.05) is 23.3 Å². The fraction of sp³-hybridized carbons (Fsp3) is 0.250. The number of hydrogen-bond acceptors (Lipinski definition) is 5. The lowest BCUT2D eigenvalue weighted by Gasteiger charge is -2.21. The second kappa shape index (κ2) is 9.38. The Labute approximate surface area is 158 Å². The highest BCUT2D eigenvalue weighted by Crippen LogP contribution is 2.23. The highest BCUT2D eigenvalue weighted by atomic mass is 16.3. The summed E-state index contributed by atoms with van der Waals surface area (Å²) >= 11 is 0. The fourth-order valence-corrected chi connectivity index (χ4v) is 2.56. The second-order valence-electron chi connectivity index (χ2n) is 5.87. The van der Waals surface area contributed by atoms with Crippen LogP contribution in [-0.4, -0.2) is 36.2 Å². The summed E-state index contributed by atoms with van der Waals surface area (Å²) in [5.41, 5.74) is 4.87. The molecule has 0 heterocycles. The van der Waals surface area contributed by atoms with Crippen LogP contribution in [0.3, 0.4) is 0 Å². The number of benzene rings is 2. The zero-order chi connectivity index (χ0) is 19.8. The summed E-state index contributed by atoms with van der Waals surface area (Å²) < 4.78 is 0. The molecule has 2 rings (SSSR count). The molecule has 0 aliphatic rings. The standard InChI is InChI=1S/C20H24N4O3/c1-4-24(5-2)18-11-8-16(19(26)12-18)13-21-23-20(27)15-6-9-17(10-7-15)22-14(3)25/h6-13,26H,4-5H2,1-3H3,(H,22,25)(H,23,27). The van der Waals surface area contributed by atoms with Crippen molar-refractivity contribution in [2.24, 2.45) is 5.10 Å². The van der Waals surface area contributed by atoms with Crippen molar-refractivity contribution >= 4 is 29.4 Å². The predicted octanol–water partition coefficient (Wildman–Crippen LogP) is 2.96. The van der Waals surface area contributed by atoms with Gasteiger partial charge in [0, 0.05) is 48.6 Å². The minimum Gasteiger partial charge on any atom is -0.507 e. The van der Waals surface area contributed by atoms with Crippen molar-refractivity contribution in [3.05, 3.63) is 53.6 Å². The third-order valence-electron chi connectivity index (χ3n) is 3.98. The maximum absolute atomic E-state index is 12.1. The van der Waals surface area contributed by atoms with Gasteiger partial charge in [0.1, 0.15) is 5.75 Å². The number of carbonyl (C=O) groups is 2. The first-order chi connectivity index (χ1) is 12.9. The van der Waals surface area contributed by atoms with E-state index in [-0.39, 0.29) is 17.6 Å². The SMILES string of the molecule is CCN(CC)c1ccc(C=NNC(=O)c2ccc(NC(C)=O)cc2)c(O)c1. The number of phenolic OH excluding ortho intramolecular Hbond substituents is 1. The fourth-order valence-electron chi connectivity index (χ4n) is 2.56. The summed E-state index contributed by atoms with van der Waals surface area (Å²) in [6.07, 6.45) is 1.39. The first kappa shape index (κ1) is 20.0. The van der Waals surface area contributed by atoms with Crippen molar-refractivity contribution in [3.63, 3.8) is 0 Å². The average Bonchev–Trinajstić information content (AvgIpc) is 2.64. The van der Waals surface area contributed by atoms with Gasteiger partial charge in [0.15, 0.2) is 0 Å². The maximum atomic E-state index is 12.1. The van der Waals surface area contributed by atoms with E-state index in [0.29, 0.717) is 16.8 Å². The molecule has 0 unspecified atom stereocenters. The number of phenols is 1. The Balaban J connectivity index is 2.00. The summed E-state index contributed by atoms with van der Waals surface area (Å²) in [5.74, 6) is -0.472.